The largest absolute Gasteiger partial charge is 0.411 e. The molecule has 0 aliphatic carbocycles. The van der Waals surface area contributed by atoms with Crippen LogP contribution in [0, 0.1) is 27.7 Å². The van der Waals surface area contributed by atoms with E-state index in [1.165, 1.54) is 12.1 Å². The van der Waals surface area contributed by atoms with E-state index in [-0.39, 0.29) is 5.52 Å². The Hall–Kier alpha value is -5.50. The summed E-state index contributed by atoms with van der Waals surface area (Å²) in [6, 6.07) is 33.1. The molecule has 0 atom stereocenters. The zero-order valence-corrected chi connectivity index (χ0v) is 28.2. The zero-order valence-electron chi connectivity index (χ0n) is 28.2. The van der Waals surface area contributed by atoms with E-state index in [0.717, 1.165) is 57.6 Å². The number of hydrogen-bond acceptors (Lipinski definition) is 0. The van der Waals surface area contributed by atoms with Crippen molar-refractivity contribution in [3.63, 3.8) is 0 Å². The van der Waals surface area contributed by atoms with Crippen LogP contribution in [-0.4, -0.2) is 21.5 Å². The third kappa shape index (κ3) is 4.87. The number of rotatable bonds is 4. The van der Waals surface area contributed by atoms with Gasteiger partial charge < -0.3 is 9.13 Å². The summed E-state index contributed by atoms with van der Waals surface area (Å²) >= 11 is 0. The minimum Gasteiger partial charge on any atom is -0.309 e. The minimum atomic E-state index is -5.75. The molecule has 0 saturated carbocycles. The molecule has 0 spiro atoms. The van der Waals surface area contributed by atoms with E-state index in [1.54, 1.807) is 4.57 Å². The quantitative estimate of drug-likeness (QED) is 0.163. The van der Waals surface area contributed by atoms with Crippen LogP contribution in [0.15, 0.2) is 121 Å². The highest BCUT2D eigenvalue weighted by molar-refractivity contribution is 6.11. The van der Waals surface area contributed by atoms with Crippen molar-refractivity contribution >= 4 is 43.6 Å². The van der Waals surface area contributed by atoms with Gasteiger partial charge in [0.05, 0.1) is 22.1 Å². The highest BCUT2D eigenvalue weighted by Crippen LogP contribution is 2.57. The summed E-state index contributed by atoms with van der Waals surface area (Å²) in [5, 5.41) is 2.16. The fourth-order valence-electron chi connectivity index (χ4n) is 7.66. The van der Waals surface area contributed by atoms with E-state index < -0.39 is 28.9 Å². The third-order valence-corrected chi connectivity index (χ3v) is 10.1. The molecule has 0 bridgehead atoms. The predicted molar refractivity (Wildman–Crippen MR) is 193 cm³/mol. The molecule has 8 rings (SSSR count). The summed E-state index contributed by atoms with van der Waals surface area (Å²) in [4.78, 5) is 0. The Balaban J connectivity index is 1.46. The fourth-order valence-corrected chi connectivity index (χ4v) is 7.66. The summed E-state index contributed by atoms with van der Waals surface area (Å²) in [6.45, 7) is 7.60. The van der Waals surface area contributed by atoms with Gasteiger partial charge in [0.2, 0.25) is 5.41 Å². The maximum absolute atomic E-state index is 15.7. The maximum Gasteiger partial charge on any atom is 0.411 e. The molecular weight excluding hydrogens is 658 g/mol. The average molecular weight is 691 g/mol. The van der Waals surface area contributed by atoms with E-state index >= 15 is 26.3 Å². The van der Waals surface area contributed by atoms with Gasteiger partial charge in [-0.15, -0.1) is 0 Å². The molecule has 51 heavy (non-hydrogen) atoms. The van der Waals surface area contributed by atoms with Crippen molar-refractivity contribution in [2.24, 2.45) is 0 Å². The number of fused-ring (bicyclic) bond motifs is 6. The van der Waals surface area contributed by atoms with Crippen LogP contribution >= 0.6 is 0 Å². The van der Waals surface area contributed by atoms with Gasteiger partial charge in [-0.3, -0.25) is 0 Å². The lowest BCUT2D eigenvalue weighted by Gasteiger charge is -2.38. The smallest absolute Gasteiger partial charge is 0.309 e. The average Bonchev–Trinajstić information content (AvgIpc) is 3.56. The van der Waals surface area contributed by atoms with Crippen LogP contribution in [0.4, 0.5) is 26.3 Å². The van der Waals surface area contributed by atoms with Crippen molar-refractivity contribution in [1.82, 2.24) is 9.13 Å². The van der Waals surface area contributed by atoms with Gasteiger partial charge in [0.25, 0.3) is 0 Å². The highest BCUT2D eigenvalue weighted by Gasteiger charge is 2.72. The molecule has 2 heterocycles. The lowest BCUT2D eigenvalue weighted by atomic mass is 9.72. The first-order valence-corrected chi connectivity index (χ1v) is 16.6. The third-order valence-electron chi connectivity index (χ3n) is 10.1. The van der Waals surface area contributed by atoms with Crippen LogP contribution < -0.4 is 0 Å². The number of alkyl halides is 6. The van der Waals surface area contributed by atoms with Crippen LogP contribution in [0.1, 0.15) is 33.4 Å². The fraction of sp³-hybridized carbons (Fsp3) is 0.163. The Kier molecular flexibility index (Phi) is 7.21. The zero-order chi connectivity index (χ0) is 36.0. The van der Waals surface area contributed by atoms with Crippen LogP contribution in [0.3, 0.4) is 0 Å². The van der Waals surface area contributed by atoms with Gasteiger partial charge in [-0.1, -0.05) is 76.9 Å². The molecule has 8 aromatic rings. The van der Waals surface area contributed by atoms with Gasteiger partial charge in [0.15, 0.2) is 0 Å². The van der Waals surface area contributed by atoms with Crippen LogP contribution in [0.5, 0.6) is 0 Å². The normalized spacial score (nSPS) is 12.9. The van der Waals surface area contributed by atoms with Crippen LogP contribution in [0.2, 0.25) is 0 Å². The molecule has 0 aliphatic heterocycles. The van der Waals surface area contributed by atoms with Gasteiger partial charge in [0, 0.05) is 32.9 Å². The Morgan fingerprint density at radius 2 is 0.725 bits per heavy atom. The summed E-state index contributed by atoms with van der Waals surface area (Å²) in [5.41, 5.74) is 1.11. The number of aromatic nitrogens is 2. The summed E-state index contributed by atoms with van der Waals surface area (Å²) in [7, 11) is 0. The molecule has 2 aromatic heterocycles. The Morgan fingerprint density at radius 3 is 1.22 bits per heavy atom. The first kappa shape index (κ1) is 32.7. The minimum absolute atomic E-state index is 0.252. The Labute approximate surface area is 290 Å². The molecule has 0 N–H and O–H groups in total. The maximum atomic E-state index is 15.7. The number of nitrogens with zero attached hydrogens (tertiary/aromatic N) is 2. The summed E-state index contributed by atoms with van der Waals surface area (Å²) in [5.74, 6) is 0. The van der Waals surface area contributed by atoms with E-state index in [0.29, 0.717) is 38.4 Å². The molecule has 8 heteroatoms. The monoisotopic (exact) mass is 690 g/mol. The summed E-state index contributed by atoms with van der Waals surface area (Å²) < 4.78 is 98.0. The second-order valence-electron chi connectivity index (χ2n) is 13.6. The summed E-state index contributed by atoms with van der Waals surface area (Å²) in [6.07, 6.45) is -11.5. The number of benzene rings is 6. The molecule has 0 radical (unpaired) electrons. The number of hydrogen-bond donors (Lipinski definition) is 0. The molecule has 0 unspecified atom stereocenters. The van der Waals surface area contributed by atoms with Crippen molar-refractivity contribution in [1.29, 1.82) is 0 Å². The van der Waals surface area contributed by atoms with Crippen LogP contribution in [-0.2, 0) is 5.41 Å². The van der Waals surface area contributed by atoms with Crippen molar-refractivity contribution < 1.29 is 26.3 Å². The first-order chi connectivity index (χ1) is 24.2. The van der Waals surface area contributed by atoms with Crippen molar-refractivity contribution in [2.45, 2.75) is 45.5 Å². The molecule has 0 amide bonds. The number of halogens is 6. The standard InChI is InChI=1S/C43H32F6N2/c1-25-5-13-31(14-6-25)50-38-19-10-28(4)22-35(38)36-23-29(12-20-39(36)50)41(42(44,45)46,43(47,48)49)30-11-17-33-34-21-27(3)9-18-37(34)51(40(33)24-30)32-15-7-26(2)8-16-32/h5-24H,1-4H3. The first-order valence-electron chi connectivity index (χ1n) is 16.6. The second-order valence-corrected chi connectivity index (χ2v) is 13.6. The van der Waals surface area contributed by atoms with Gasteiger partial charge in [0.1, 0.15) is 0 Å². The molecular formula is C43H32F6N2. The lowest BCUT2D eigenvalue weighted by Crippen LogP contribution is -2.54. The van der Waals surface area contributed by atoms with Crippen molar-refractivity contribution in [3.05, 3.63) is 155 Å². The number of aryl methyl sites for hydroxylation is 4. The molecule has 256 valence electrons. The Morgan fingerprint density at radius 1 is 0.353 bits per heavy atom. The SMILES string of the molecule is Cc1ccc(-n2c3ccc(C)cc3c3cc(C(c4ccc5c6cc(C)ccc6n(-c6ccc(C)cc6)c5c4)(C(F)(F)F)C(F)(F)F)ccc32)cc1. The predicted octanol–water partition coefficient (Wildman–Crippen LogP) is 12.5. The van der Waals surface area contributed by atoms with Gasteiger partial charge in [-0.25, -0.2) is 0 Å². The van der Waals surface area contributed by atoms with E-state index in [2.05, 4.69) is 0 Å². The molecule has 6 aromatic carbocycles. The lowest BCUT2D eigenvalue weighted by molar-refractivity contribution is -0.288. The van der Waals surface area contributed by atoms with Gasteiger partial charge in [-0.2, -0.15) is 26.3 Å². The van der Waals surface area contributed by atoms with E-state index in [9.17, 15) is 0 Å². The topological polar surface area (TPSA) is 9.86 Å². The molecule has 0 saturated heterocycles. The highest BCUT2D eigenvalue weighted by atomic mass is 19.4. The molecule has 0 aliphatic rings. The Bertz CT molecular complexity index is 2620. The molecule has 2 nitrogen and oxygen atoms in total. The molecule has 0 fully saturated rings. The second kappa shape index (κ2) is 11.3. The van der Waals surface area contributed by atoms with Gasteiger partial charge >= 0.3 is 12.4 Å². The van der Waals surface area contributed by atoms with Crippen molar-refractivity contribution in [3.8, 4) is 11.4 Å². The van der Waals surface area contributed by atoms with Crippen molar-refractivity contribution in [2.75, 3.05) is 0 Å². The van der Waals surface area contributed by atoms with E-state index in [1.807, 2.05) is 117 Å². The van der Waals surface area contributed by atoms with Crippen LogP contribution in [0.25, 0.3) is 55.0 Å². The van der Waals surface area contributed by atoms with E-state index in [4.69, 9.17) is 0 Å². The van der Waals surface area contributed by atoms with Gasteiger partial charge in [-0.05, 0) is 106 Å².